The Hall–Kier alpha value is -1.58. The molecule has 1 aliphatic rings. The lowest BCUT2D eigenvalue weighted by atomic mass is 10.00. The van der Waals surface area contributed by atoms with Crippen LogP contribution in [0.1, 0.15) is 19.8 Å². The zero-order valence-corrected chi connectivity index (χ0v) is 7.86. The lowest BCUT2D eigenvalue weighted by Gasteiger charge is -2.05. The van der Waals surface area contributed by atoms with Gasteiger partial charge < -0.3 is 10.2 Å². The molecule has 0 aromatic heterocycles. The fourth-order valence-electron chi connectivity index (χ4n) is 1.20. The minimum absolute atomic E-state index is 0.0723. The summed E-state index contributed by atoms with van der Waals surface area (Å²) in [5.74, 6) is -2.72. The van der Waals surface area contributed by atoms with Crippen LogP contribution < -0.4 is 0 Å². The van der Waals surface area contributed by atoms with Crippen LogP contribution in [0.4, 0.5) is 0 Å². The normalized spacial score (nSPS) is 17.5. The molecule has 0 aromatic carbocycles. The van der Waals surface area contributed by atoms with Gasteiger partial charge in [0.15, 0.2) is 0 Å². The highest BCUT2D eigenvalue weighted by atomic mass is 16.4. The number of carbonyl (C=O) groups is 2. The fraction of sp³-hybridized carbons (Fsp3) is 0.400. The molecule has 0 aromatic rings. The van der Waals surface area contributed by atoms with Crippen LogP contribution in [0.5, 0.6) is 0 Å². The lowest BCUT2D eigenvalue weighted by molar-refractivity contribution is -0.135. The highest BCUT2D eigenvalue weighted by Gasteiger charge is 2.19. The van der Waals surface area contributed by atoms with Gasteiger partial charge in [-0.05, 0) is 12.8 Å². The predicted molar refractivity (Wildman–Crippen MR) is 49.8 cm³/mol. The third-order valence-electron chi connectivity index (χ3n) is 2.04. The van der Waals surface area contributed by atoms with E-state index in [-0.39, 0.29) is 11.5 Å². The second-order valence-electron chi connectivity index (χ2n) is 3.36. The van der Waals surface area contributed by atoms with Crippen LogP contribution in [-0.2, 0) is 9.59 Å². The van der Waals surface area contributed by atoms with Gasteiger partial charge >= 0.3 is 11.9 Å². The quantitative estimate of drug-likeness (QED) is 0.527. The molecule has 0 bridgehead atoms. The van der Waals surface area contributed by atoms with Gasteiger partial charge in [0.1, 0.15) is 0 Å². The number of rotatable bonds is 4. The molecule has 1 rings (SSSR count). The zero-order valence-electron chi connectivity index (χ0n) is 7.86. The van der Waals surface area contributed by atoms with E-state index in [1.807, 2.05) is 6.08 Å². The molecule has 1 fully saturated rings. The summed E-state index contributed by atoms with van der Waals surface area (Å²) in [6.07, 6.45) is 4.59. The Kier molecular flexibility index (Phi) is 3.06. The molecule has 0 saturated heterocycles. The summed E-state index contributed by atoms with van der Waals surface area (Å²) in [5, 5.41) is 17.2. The SMILES string of the molecule is CC(C=C1CC1)/C(=C/C(=O)O)C(=O)O. The van der Waals surface area contributed by atoms with Gasteiger partial charge in [-0.1, -0.05) is 18.6 Å². The van der Waals surface area contributed by atoms with Crippen molar-refractivity contribution in [3.8, 4) is 0 Å². The number of carboxylic acid groups (broad SMARTS) is 2. The molecule has 14 heavy (non-hydrogen) atoms. The molecule has 0 spiro atoms. The van der Waals surface area contributed by atoms with Gasteiger partial charge in [0.2, 0.25) is 0 Å². The first-order valence-electron chi connectivity index (χ1n) is 4.38. The van der Waals surface area contributed by atoms with Crippen molar-refractivity contribution in [3.05, 3.63) is 23.3 Å². The highest BCUT2D eigenvalue weighted by Crippen LogP contribution is 2.30. The first-order valence-corrected chi connectivity index (χ1v) is 4.38. The average molecular weight is 196 g/mol. The van der Waals surface area contributed by atoms with Crippen LogP contribution in [0.15, 0.2) is 23.3 Å². The summed E-state index contributed by atoms with van der Waals surface area (Å²) in [7, 11) is 0. The molecule has 1 aliphatic carbocycles. The van der Waals surface area contributed by atoms with Gasteiger partial charge in [-0.15, -0.1) is 0 Å². The van der Waals surface area contributed by atoms with Crippen LogP contribution in [0.2, 0.25) is 0 Å². The Bertz CT molecular complexity index is 319. The molecule has 0 radical (unpaired) electrons. The monoisotopic (exact) mass is 196 g/mol. The number of hydrogen-bond acceptors (Lipinski definition) is 2. The summed E-state index contributed by atoms with van der Waals surface area (Å²) in [6, 6.07) is 0. The summed E-state index contributed by atoms with van der Waals surface area (Å²) >= 11 is 0. The lowest BCUT2D eigenvalue weighted by Crippen LogP contribution is -2.10. The van der Waals surface area contributed by atoms with Gasteiger partial charge in [-0.2, -0.15) is 0 Å². The second-order valence-corrected chi connectivity index (χ2v) is 3.36. The molecule has 1 atom stereocenters. The first kappa shape index (κ1) is 10.5. The van der Waals surface area contributed by atoms with Gasteiger partial charge in [0.25, 0.3) is 0 Å². The molecular weight excluding hydrogens is 184 g/mol. The molecule has 1 saturated carbocycles. The Balaban J connectivity index is 2.81. The van der Waals surface area contributed by atoms with E-state index in [0.29, 0.717) is 0 Å². The molecular formula is C10H12O4. The topological polar surface area (TPSA) is 74.6 Å². The second kappa shape index (κ2) is 4.09. The minimum atomic E-state index is -1.22. The van der Waals surface area contributed by atoms with E-state index in [1.165, 1.54) is 5.57 Å². The van der Waals surface area contributed by atoms with Crippen molar-refractivity contribution < 1.29 is 19.8 Å². The van der Waals surface area contributed by atoms with E-state index < -0.39 is 11.9 Å². The number of allylic oxidation sites excluding steroid dienone is 2. The summed E-state index contributed by atoms with van der Waals surface area (Å²) in [4.78, 5) is 21.1. The van der Waals surface area contributed by atoms with E-state index in [4.69, 9.17) is 10.2 Å². The maximum absolute atomic E-state index is 10.7. The Morgan fingerprint density at radius 2 is 1.93 bits per heavy atom. The van der Waals surface area contributed by atoms with Gasteiger partial charge in [0, 0.05) is 12.0 Å². The predicted octanol–water partition coefficient (Wildman–Crippen LogP) is 1.44. The molecule has 0 amide bonds. The van der Waals surface area contributed by atoms with E-state index >= 15 is 0 Å². The third kappa shape index (κ3) is 3.05. The number of hydrogen-bond donors (Lipinski definition) is 2. The van der Waals surface area contributed by atoms with Crippen LogP contribution in [-0.4, -0.2) is 22.2 Å². The molecule has 4 nitrogen and oxygen atoms in total. The van der Waals surface area contributed by atoms with E-state index in [9.17, 15) is 9.59 Å². The Labute approximate surface area is 81.6 Å². The van der Waals surface area contributed by atoms with Crippen LogP contribution in [0.25, 0.3) is 0 Å². The van der Waals surface area contributed by atoms with Crippen molar-refractivity contribution in [2.75, 3.05) is 0 Å². The van der Waals surface area contributed by atoms with Crippen LogP contribution in [0.3, 0.4) is 0 Å². The number of aliphatic carboxylic acids is 2. The molecule has 0 heterocycles. The molecule has 76 valence electrons. The molecule has 4 heteroatoms. The largest absolute Gasteiger partial charge is 0.478 e. The van der Waals surface area contributed by atoms with E-state index in [1.54, 1.807) is 6.92 Å². The Morgan fingerprint density at radius 1 is 1.36 bits per heavy atom. The van der Waals surface area contributed by atoms with E-state index in [0.717, 1.165) is 18.9 Å². The van der Waals surface area contributed by atoms with Crippen molar-refractivity contribution in [1.82, 2.24) is 0 Å². The summed E-state index contributed by atoms with van der Waals surface area (Å²) in [6.45, 7) is 1.69. The zero-order chi connectivity index (χ0) is 10.7. The fourth-order valence-corrected chi connectivity index (χ4v) is 1.20. The van der Waals surface area contributed by atoms with Crippen LogP contribution >= 0.6 is 0 Å². The summed E-state index contributed by atoms with van der Waals surface area (Å²) in [5.41, 5.74) is 1.13. The smallest absolute Gasteiger partial charge is 0.332 e. The van der Waals surface area contributed by atoms with Crippen molar-refractivity contribution in [2.24, 2.45) is 5.92 Å². The Morgan fingerprint density at radius 3 is 2.29 bits per heavy atom. The summed E-state index contributed by atoms with van der Waals surface area (Å²) < 4.78 is 0. The molecule has 0 aliphatic heterocycles. The molecule has 1 unspecified atom stereocenters. The van der Waals surface area contributed by atoms with E-state index in [2.05, 4.69) is 0 Å². The van der Waals surface area contributed by atoms with Crippen molar-refractivity contribution >= 4 is 11.9 Å². The van der Waals surface area contributed by atoms with Crippen molar-refractivity contribution in [2.45, 2.75) is 19.8 Å². The van der Waals surface area contributed by atoms with Crippen LogP contribution in [0, 0.1) is 5.92 Å². The van der Waals surface area contributed by atoms with Crippen molar-refractivity contribution in [3.63, 3.8) is 0 Å². The van der Waals surface area contributed by atoms with Gasteiger partial charge in [-0.25, -0.2) is 9.59 Å². The maximum Gasteiger partial charge on any atom is 0.332 e. The third-order valence-corrected chi connectivity index (χ3v) is 2.04. The van der Waals surface area contributed by atoms with Gasteiger partial charge in [-0.3, -0.25) is 0 Å². The molecule has 2 N–H and O–H groups in total. The average Bonchev–Trinajstić information content (AvgIpc) is 2.82. The first-order chi connectivity index (χ1) is 6.50. The van der Waals surface area contributed by atoms with Gasteiger partial charge in [0.05, 0.1) is 5.57 Å². The minimum Gasteiger partial charge on any atom is -0.478 e. The van der Waals surface area contributed by atoms with Crippen molar-refractivity contribution in [1.29, 1.82) is 0 Å². The standard InChI is InChI=1S/C10H12O4/c1-6(4-7-2-3-7)8(10(13)14)5-9(11)12/h4-6H,2-3H2,1H3,(H,11,12)(H,13,14)/b8-5-. The maximum atomic E-state index is 10.7. The highest BCUT2D eigenvalue weighted by molar-refractivity contribution is 5.95. The number of carboxylic acids is 2.